The van der Waals surface area contributed by atoms with Crippen LogP contribution in [-0.2, 0) is 4.79 Å². The molecule has 2 heterocycles. The van der Waals surface area contributed by atoms with Gasteiger partial charge in [0.05, 0.1) is 6.54 Å². The lowest BCUT2D eigenvalue weighted by Crippen LogP contribution is -2.34. The molecule has 1 amide bonds. The maximum absolute atomic E-state index is 11.8. The van der Waals surface area contributed by atoms with Crippen LogP contribution >= 0.6 is 11.6 Å². The van der Waals surface area contributed by atoms with Gasteiger partial charge in [0.25, 0.3) is 0 Å². The summed E-state index contributed by atoms with van der Waals surface area (Å²) < 4.78 is 0. The average molecular weight is 255 g/mol. The second-order valence-electron chi connectivity index (χ2n) is 4.23. The van der Waals surface area contributed by atoms with Crippen LogP contribution < -0.4 is 4.90 Å². The van der Waals surface area contributed by atoms with E-state index in [2.05, 4.69) is 9.97 Å². The third-order valence-electron chi connectivity index (χ3n) is 2.81. The zero-order valence-corrected chi connectivity index (χ0v) is 10.7. The van der Waals surface area contributed by atoms with E-state index in [4.69, 9.17) is 11.6 Å². The lowest BCUT2D eigenvalue weighted by atomic mass is 10.3. The van der Waals surface area contributed by atoms with Crippen LogP contribution in [0.2, 0.25) is 5.28 Å². The molecule has 0 aromatic carbocycles. The van der Waals surface area contributed by atoms with E-state index in [9.17, 15) is 4.79 Å². The van der Waals surface area contributed by atoms with Gasteiger partial charge in [-0.25, -0.2) is 9.97 Å². The van der Waals surface area contributed by atoms with Crippen molar-refractivity contribution in [3.8, 4) is 0 Å². The second kappa shape index (κ2) is 4.87. The predicted molar refractivity (Wildman–Crippen MR) is 66.2 cm³/mol. The van der Waals surface area contributed by atoms with Crippen LogP contribution in [0.1, 0.15) is 12.1 Å². The highest BCUT2D eigenvalue weighted by Gasteiger charge is 2.20. The van der Waals surface area contributed by atoms with Gasteiger partial charge in [0.2, 0.25) is 11.2 Å². The number of aryl methyl sites for hydroxylation is 1. The highest BCUT2D eigenvalue weighted by Crippen LogP contribution is 2.17. The Balaban J connectivity index is 2.23. The molecule has 1 aromatic rings. The van der Waals surface area contributed by atoms with Crippen LogP contribution in [0, 0.1) is 6.92 Å². The van der Waals surface area contributed by atoms with Gasteiger partial charge in [-0.05, 0) is 24.9 Å². The number of rotatable bonds is 1. The third kappa shape index (κ3) is 2.85. The summed E-state index contributed by atoms with van der Waals surface area (Å²) >= 11 is 5.83. The van der Waals surface area contributed by atoms with E-state index in [1.807, 2.05) is 24.9 Å². The van der Waals surface area contributed by atoms with Crippen molar-refractivity contribution in [3.63, 3.8) is 0 Å². The number of amides is 1. The summed E-state index contributed by atoms with van der Waals surface area (Å²) in [5.41, 5.74) is 0.810. The first-order chi connectivity index (χ1) is 8.06. The highest BCUT2D eigenvalue weighted by atomic mass is 35.5. The van der Waals surface area contributed by atoms with E-state index in [0.717, 1.165) is 31.0 Å². The van der Waals surface area contributed by atoms with Gasteiger partial charge in [0.15, 0.2) is 0 Å². The van der Waals surface area contributed by atoms with Gasteiger partial charge in [-0.1, -0.05) is 0 Å². The molecule has 0 saturated carbocycles. The van der Waals surface area contributed by atoms with Crippen molar-refractivity contribution >= 4 is 23.3 Å². The average Bonchev–Trinajstić information content (AvgIpc) is 2.40. The fraction of sp³-hybridized carbons (Fsp3) is 0.545. The van der Waals surface area contributed by atoms with Crippen molar-refractivity contribution in [2.75, 3.05) is 31.6 Å². The van der Waals surface area contributed by atoms with Gasteiger partial charge in [-0.3, -0.25) is 4.79 Å². The largest absolute Gasteiger partial charge is 0.347 e. The summed E-state index contributed by atoms with van der Waals surface area (Å²) in [6, 6.07) is 1.85. The minimum absolute atomic E-state index is 0.106. The van der Waals surface area contributed by atoms with Crippen molar-refractivity contribution in [1.29, 1.82) is 0 Å². The predicted octanol–water partition coefficient (Wildman–Crippen LogP) is 1.11. The van der Waals surface area contributed by atoms with Gasteiger partial charge >= 0.3 is 0 Å². The van der Waals surface area contributed by atoms with E-state index in [-0.39, 0.29) is 11.2 Å². The minimum Gasteiger partial charge on any atom is -0.347 e. The minimum atomic E-state index is 0.106. The summed E-state index contributed by atoms with van der Waals surface area (Å²) in [5.74, 6) is 0.834. The van der Waals surface area contributed by atoms with Gasteiger partial charge in [-0.2, -0.15) is 0 Å². The molecule has 1 fully saturated rings. The molecule has 0 radical (unpaired) electrons. The standard InChI is InChI=1S/C11H15ClN4O/c1-8-6-9(14-11(12)13-8)16-5-3-4-15(2)10(17)7-16/h6H,3-5,7H2,1-2H3. The summed E-state index contributed by atoms with van der Waals surface area (Å²) in [4.78, 5) is 23.7. The number of anilines is 1. The number of carbonyl (C=O) groups excluding carboxylic acids is 1. The van der Waals surface area contributed by atoms with Gasteiger partial charge < -0.3 is 9.80 Å². The number of carbonyl (C=O) groups is 1. The molecule has 2 rings (SSSR count). The number of nitrogens with zero attached hydrogens (tertiary/aromatic N) is 4. The molecule has 0 aliphatic carbocycles. The van der Waals surface area contributed by atoms with E-state index in [0.29, 0.717) is 6.54 Å². The molecular weight excluding hydrogens is 240 g/mol. The van der Waals surface area contributed by atoms with Crippen LogP contribution in [0.4, 0.5) is 5.82 Å². The molecule has 17 heavy (non-hydrogen) atoms. The number of hydrogen-bond donors (Lipinski definition) is 0. The first-order valence-corrected chi connectivity index (χ1v) is 5.94. The van der Waals surface area contributed by atoms with Crippen molar-refractivity contribution in [3.05, 3.63) is 17.0 Å². The van der Waals surface area contributed by atoms with Crippen LogP contribution in [0.25, 0.3) is 0 Å². The molecular formula is C11H15ClN4O. The van der Waals surface area contributed by atoms with Crippen LogP contribution in [0.5, 0.6) is 0 Å². The molecule has 5 nitrogen and oxygen atoms in total. The molecule has 0 bridgehead atoms. The number of halogens is 1. The molecule has 0 atom stereocenters. The van der Waals surface area contributed by atoms with E-state index < -0.39 is 0 Å². The Morgan fingerprint density at radius 3 is 2.82 bits per heavy atom. The topological polar surface area (TPSA) is 49.3 Å². The monoisotopic (exact) mass is 254 g/mol. The zero-order valence-electron chi connectivity index (χ0n) is 9.98. The molecule has 1 aliphatic heterocycles. The Bertz CT molecular complexity index is 417. The lowest BCUT2D eigenvalue weighted by Gasteiger charge is -2.20. The Morgan fingerprint density at radius 1 is 1.35 bits per heavy atom. The van der Waals surface area contributed by atoms with Crippen molar-refractivity contribution < 1.29 is 4.79 Å². The fourth-order valence-corrected chi connectivity index (χ4v) is 2.08. The van der Waals surface area contributed by atoms with Gasteiger partial charge in [0.1, 0.15) is 5.82 Å². The zero-order chi connectivity index (χ0) is 12.4. The fourth-order valence-electron chi connectivity index (χ4n) is 1.86. The van der Waals surface area contributed by atoms with E-state index in [1.54, 1.807) is 4.90 Å². The number of aromatic nitrogens is 2. The molecule has 0 unspecified atom stereocenters. The van der Waals surface area contributed by atoms with Gasteiger partial charge in [0, 0.05) is 31.9 Å². The van der Waals surface area contributed by atoms with Crippen LogP contribution in [-0.4, -0.2) is 47.5 Å². The van der Waals surface area contributed by atoms with Crippen LogP contribution in [0.3, 0.4) is 0 Å². The van der Waals surface area contributed by atoms with E-state index in [1.165, 1.54) is 0 Å². The summed E-state index contributed by atoms with van der Waals surface area (Å²) in [6.45, 7) is 3.81. The SMILES string of the molecule is Cc1cc(N2CCCN(C)C(=O)C2)nc(Cl)n1. The maximum atomic E-state index is 11.8. The third-order valence-corrected chi connectivity index (χ3v) is 2.98. The Kier molecular flexibility index (Phi) is 3.47. The molecule has 1 aliphatic rings. The number of likely N-dealkylation sites (N-methyl/N-ethyl adjacent to an activating group) is 1. The van der Waals surface area contributed by atoms with Crippen molar-refractivity contribution in [2.24, 2.45) is 0 Å². The smallest absolute Gasteiger partial charge is 0.241 e. The summed E-state index contributed by atoms with van der Waals surface area (Å²) in [6.07, 6.45) is 0.933. The van der Waals surface area contributed by atoms with Gasteiger partial charge in [-0.15, -0.1) is 0 Å². The van der Waals surface area contributed by atoms with Crippen molar-refractivity contribution in [2.45, 2.75) is 13.3 Å². The number of hydrogen-bond acceptors (Lipinski definition) is 4. The molecule has 6 heteroatoms. The first kappa shape index (κ1) is 12.1. The molecule has 0 spiro atoms. The molecule has 1 aromatic heterocycles. The molecule has 92 valence electrons. The Labute approximate surface area is 105 Å². The normalized spacial score (nSPS) is 17.2. The summed E-state index contributed by atoms with van der Waals surface area (Å²) in [5, 5.41) is 0.227. The lowest BCUT2D eigenvalue weighted by molar-refractivity contribution is -0.127. The Morgan fingerprint density at radius 2 is 2.12 bits per heavy atom. The second-order valence-corrected chi connectivity index (χ2v) is 4.57. The molecule has 1 saturated heterocycles. The van der Waals surface area contributed by atoms with E-state index >= 15 is 0 Å². The summed E-state index contributed by atoms with van der Waals surface area (Å²) in [7, 11) is 1.82. The maximum Gasteiger partial charge on any atom is 0.241 e. The first-order valence-electron chi connectivity index (χ1n) is 5.56. The van der Waals surface area contributed by atoms with Crippen molar-refractivity contribution in [1.82, 2.24) is 14.9 Å². The molecule has 0 N–H and O–H groups in total. The quantitative estimate of drug-likeness (QED) is 0.705. The highest BCUT2D eigenvalue weighted by molar-refractivity contribution is 6.28. The Hall–Kier alpha value is -1.36. The van der Waals surface area contributed by atoms with Crippen LogP contribution in [0.15, 0.2) is 6.07 Å².